The second kappa shape index (κ2) is 7.98. The SMILES string of the molecule is COc1cc(C(N)=O)c(C)c(C)c1N1C=C(C(=O)O)[C@H](c2ccc(F)cc2)CC1=O. The van der Waals surface area contributed by atoms with E-state index in [4.69, 9.17) is 10.5 Å². The summed E-state index contributed by atoms with van der Waals surface area (Å²) in [4.78, 5) is 38.0. The molecular weight excluding hydrogens is 391 g/mol. The fraction of sp³-hybridized carbons (Fsp3) is 0.227. The molecule has 30 heavy (non-hydrogen) atoms. The molecule has 1 aliphatic rings. The zero-order valence-corrected chi connectivity index (χ0v) is 16.7. The Morgan fingerprint density at radius 2 is 1.83 bits per heavy atom. The molecule has 2 aromatic carbocycles. The highest BCUT2D eigenvalue weighted by atomic mass is 19.1. The van der Waals surface area contributed by atoms with Gasteiger partial charge in [0, 0.05) is 24.1 Å². The summed E-state index contributed by atoms with van der Waals surface area (Å²) in [6.45, 7) is 3.39. The molecule has 0 unspecified atom stereocenters. The number of rotatable bonds is 5. The molecule has 0 saturated heterocycles. The number of carbonyl (C=O) groups is 3. The van der Waals surface area contributed by atoms with E-state index in [-0.39, 0.29) is 29.2 Å². The Labute approximate surface area is 172 Å². The summed E-state index contributed by atoms with van der Waals surface area (Å²) < 4.78 is 18.6. The number of benzene rings is 2. The largest absolute Gasteiger partial charge is 0.495 e. The first-order valence-electron chi connectivity index (χ1n) is 9.16. The van der Waals surface area contributed by atoms with Gasteiger partial charge in [-0.3, -0.25) is 14.5 Å². The minimum Gasteiger partial charge on any atom is -0.495 e. The molecule has 1 atom stereocenters. The molecule has 0 aromatic heterocycles. The summed E-state index contributed by atoms with van der Waals surface area (Å²) in [5.41, 5.74) is 7.68. The van der Waals surface area contributed by atoms with Crippen molar-refractivity contribution in [1.82, 2.24) is 0 Å². The Hall–Kier alpha value is -3.68. The average Bonchev–Trinajstić information content (AvgIpc) is 2.70. The maximum atomic E-state index is 13.3. The Bertz CT molecular complexity index is 1080. The first-order chi connectivity index (χ1) is 14.1. The van der Waals surface area contributed by atoms with Crippen molar-refractivity contribution in [2.45, 2.75) is 26.2 Å². The fourth-order valence-corrected chi connectivity index (χ4v) is 3.65. The van der Waals surface area contributed by atoms with Crippen molar-refractivity contribution in [1.29, 1.82) is 0 Å². The van der Waals surface area contributed by atoms with Gasteiger partial charge < -0.3 is 15.6 Å². The van der Waals surface area contributed by atoms with Gasteiger partial charge in [-0.2, -0.15) is 0 Å². The highest BCUT2D eigenvalue weighted by molar-refractivity contribution is 6.05. The summed E-state index contributed by atoms with van der Waals surface area (Å²) >= 11 is 0. The third-order valence-electron chi connectivity index (χ3n) is 5.37. The number of primary amides is 1. The van der Waals surface area contributed by atoms with Gasteiger partial charge in [-0.1, -0.05) is 12.1 Å². The number of carboxylic acid groups (broad SMARTS) is 1. The lowest BCUT2D eigenvalue weighted by atomic mass is 9.85. The standard InChI is InChI=1S/C22H21FN2O5/c1-11-12(2)20(18(30-3)8-15(11)21(24)27)25-10-17(22(28)29)16(9-19(25)26)13-4-6-14(23)7-5-13/h4-8,10,16H,9H2,1-3H3,(H2,24,27)(H,28,29)/t16-/m0/s1. The number of nitrogens with zero attached hydrogens (tertiary/aromatic N) is 1. The predicted octanol–water partition coefficient (Wildman–Crippen LogP) is 3.04. The molecule has 7 nitrogen and oxygen atoms in total. The summed E-state index contributed by atoms with van der Waals surface area (Å²) in [6, 6.07) is 6.83. The van der Waals surface area contributed by atoms with Crippen LogP contribution in [0.3, 0.4) is 0 Å². The minimum atomic E-state index is -1.19. The molecule has 1 heterocycles. The van der Waals surface area contributed by atoms with Crippen molar-refractivity contribution < 1.29 is 28.6 Å². The summed E-state index contributed by atoms with van der Waals surface area (Å²) in [5, 5.41) is 9.77. The van der Waals surface area contributed by atoms with Crippen LogP contribution in [0.5, 0.6) is 5.75 Å². The van der Waals surface area contributed by atoms with Crippen LogP contribution in [-0.4, -0.2) is 30.0 Å². The number of amides is 2. The smallest absolute Gasteiger partial charge is 0.333 e. The first-order valence-corrected chi connectivity index (χ1v) is 9.16. The molecule has 0 spiro atoms. The van der Waals surface area contributed by atoms with Gasteiger partial charge in [0.25, 0.3) is 0 Å². The second-order valence-corrected chi connectivity index (χ2v) is 7.05. The number of halogens is 1. The van der Waals surface area contributed by atoms with Gasteiger partial charge in [-0.15, -0.1) is 0 Å². The molecule has 3 N–H and O–H groups in total. The third-order valence-corrected chi connectivity index (χ3v) is 5.37. The van der Waals surface area contributed by atoms with E-state index in [1.807, 2.05) is 0 Å². The molecule has 0 radical (unpaired) electrons. The van der Waals surface area contributed by atoms with Gasteiger partial charge in [0.1, 0.15) is 11.6 Å². The Morgan fingerprint density at radius 3 is 2.37 bits per heavy atom. The van der Waals surface area contributed by atoms with Crippen LogP contribution < -0.4 is 15.4 Å². The first kappa shape index (κ1) is 21.0. The number of nitrogens with two attached hydrogens (primary N) is 1. The number of anilines is 1. The Morgan fingerprint density at radius 1 is 1.20 bits per heavy atom. The van der Waals surface area contributed by atoms with Gasteiger partial charge in [-0.25, -0.2) is 9.18 Å². The van der Waals surface area contributed by atoms with E-state index in [2.05, 4.69) is 0 Å². The Balaban J connectivity index is 2.17. The number of hydrogen-bond acceptors (Lipinski definition) is 4. The van der Waals surface area contributed by atoms with Crippen LogP contribution in [0.4, 0.5) is 10.1 Å². The molecule has 0 aliphatic carbocycles. The molecule has 2 amide bonds. The predicted molar refractivity (Wildman–Crippen MR) is 108 cm³/mol. The van der Waals surface area contributed by atoms with Crippen LogP contribution in [0.15, 0.2) is 42.1 Å². The van der Waals surface area contributed by atoms with Crippen LogP contribution >= 0.6 is 0 Å². The second-order valence-electron chi connectivity index (χ2n) is 7.05. The normalized spacial score (nSPS) is 16.3. The average molecular weight is 412 g/mol. The number of methoxy groups -OCH3 is 1. The van der Waals surface area contributed by atoms with E-state index in [1.165, 1.54) is 48.5 Å². The quantitative estimate of drug-likeness (QED) is 0.784. The van der Waals surface area contributed by atoms with E-state index in [9.17, 15) is 23.9 Å². The number of ether oxygens (including phenoxy) is 1. The summed E-state index contributed by atoms with van der Waals surface area (Å²) in [6.07, 6.45) is 1.14. The highest BCUT2D eigenvalue weighted by Crippen LogP contribution is 2.41. The van der Waals surface area contributed by atoms with Crippen molar-refractivity contribution in [2.75, 3.05) is 12.0 Å². The molecule has 0 saturated carbocycles. The number of carboxylic acids is 1. The molecule has 1 aliphatic heterocycles. The summed E-state index contributed by atoms with van der Waals surface area (Å²) in [7, 11) is 1.38. The van der Waals surface area contributed by atoms with Gasteiger partial charge in [0.05, 0.1) is 18.4 Å². The Kier molecular flexibility index (Phi) is 5.60. The lowest BCUT2D eigenvalue weighted by Gasteiger charge is -2.32. The van der Waals surface area contributed by atoms with E-state index in [1.54, 1.807) is 13.8 Å². The van der Waals surface area contributed by atoms with E-state index in [0.717, 1.165) is 0 Å². The van der Waals surface area contributed by atoms with Gasteiger partial charge in [0.2, 0.25) is 11.8 Å². The zero-order chi connectivity index (χ0) is 22.2. The third kappa shape index (κ3) is 3.63. The summed E-state index contributed by atoms with van der Waals surface area (Å²) in [5.74, 6) is -3.13. The van der Waals surface area contributed by atoms with Gasteiger partial charge in [-0.05, 0) is 48.7 Å². The number of carbonyl (C=O) groups excluding carboxylic acids is 2. The number of hydrogen-bond donors (Lipinski definition) is 2. The van der Waals surface area contributed by atoms with Crippen molar-refractivity contribution >= 4 is 23.5 Å². The van der Waals surface area contributed by atoms with Crippen molar-refractivity contribution in [3.8, 4) is 5.75 Å². The van der Waals surface area contributed by atoms with Crippen LogP contribution in [0.1, 0.15) is 39.4 Å². The van der Waals surface area contributed by atoms with Crippen LogP contribution in [0, 0.1) is 19.7 Å². The molecule has 8 heteroatoms. The topological polar surface area (TPSA) is 110 Å². The van der Waals surface area contributed by atoms with E-state index in [0.29, 0.717) is 22.4 Å². The molecule has 0 fully saturated rings. The zero-order valence-electron chi connectivity index (χ0n) is 16.7. The van der Waals surface area contributed by atoms with Crippen molar-refractivity contribution in [2.24, 2.45) is 5.73 Å². The van der Waals surface area contributed by atoms with E-state index >= 15 is 0 Å². The maximum Gasteiger partial charge on any atom is 0.333 e. The monoisotopic (exact) mass is 412 g/mol. The van der Waals surface area contributed by atoms with Gasteiger partial charge in [0.15, 0.2) is 0 Å². The van der Waals surface area contributed by atoms with Crippen LogP contribution in [0.2, 0.25) is 0 Å². The number of aliphatic carboxylic acids is 1. The molecule has 0 bridgehead atoms. The van der Waals surface area contributed by atoms with Crippen LogP contribution in [-0.2, 0) is 9.59 Å². The van der Waals surface area contributed by atoms with Crippen molar-refractivity contribution in [3.63, 3.8) is 0 Å². The van der Waals surface area contributed by atoms with Gasteiger partial charge >= 0.3 is 5.97 Å². The van der Waals surface area contributed by atoms with Crippen LogP contribution in [0.25, 0.3) is 0 Å². The van der Waals surface area contributed by atoms with Crippen molar-refractivity contribution in [3.05, 3.63) is 70.2 Å². The lowest BCUT2D eigenvalue weighted by molar-refractivity contribution is -0.133. The maximum absolute atomic E-state index is 13.3. The van der Waals surface area contributed by atoms with E-state index < -0.39 is 23.6 Å². The molecule has 156 valence electrons. The lowest BCUT2D eigenvalue weighted by Crippen LogP contribution is -2.35. The highest BCUT2D eigenvalue weighted by Gasteiger charge is 2.35. The fourth-order valence-electron chi connectivity index (χ4n) is 3.65. The molecular formula is C22H21FN2O5. The molecule has 2 aromatic rings. The minimum absolute atomic E-state index is 0.0145. The molecule has 3 rings (SSSR count).